The van der Waals surface area contributed by atoms with E-state index in [0.29, 0.717) is 19.3 Å². The summed E-state index contributed by atoms with van der Waals surface area (Å²) in [5.41, 5.74) is 0. The maximum Gasteiger partial charge on any atom is 0.306 e. The Balaban J connectivity index is 2.45. The molecule has 2 unspecified atom stereocenters. The number of carbonyl (C=O) groups is 2. The summed E-state index contributed by atoms with van der Waals surface area (Å²) < 4.78 is 22.0. The number of esters is 2. The van der Waals surface area contributed by atoms with Gasteiger partial charge in [-0.2, -0.15) is 0 Å². The lowest BCUT2D eigenvalue weighted by Gasteiger charge is -2.39. The van der Waals surface area contributed by atoms with Gasteiger partial charge in [-0.3, -0.25) is 9.59 Å². The second-order valence-corrected chi connectivity index (χ2v) is 13.7. The van der Waals surface area contributed by atoms with Crippen molar-refractivity contribution in [2.24, 2.45) is 0 Å². The van der Waals surface area contributed by atoms with E-state index in [1.807, 2.05) is 6.08 Å². The molecule has 1 aliphatic heterocycles. The van der Waals surface area contributed by atoms with E-state index in [4.69, 9.17) is 18.9 Å². The van der Waals surface area contributed by atoms with Gasteiger partial charge in [0.15, 0.2) is 12.4 Å². The van der Waals surface area contributed by atoms with Crippen LogP contribution in [0.25, 0.3) is 0 Å². The number of hydrogen-bond donors (Lipinski definition) is 4. The molecule has 4 N–H and O–H groups in total. The molecule has 1 saturated heterocycles. The molecular formula is C47H72O10. The summed E-state index contributed by atoms with van der Waals surface area (Å²) in [4.78, 5) is 25.2. The third-order valence-electron chi connectivity index (χ3n) is 8.65. The van der Waals surface area contributed by atoms with Crippen LogP contribution in [0, 0.1) is 0 Å². The maximum absolute atomic E-state index is 12.7. The number of unbranched alkanes of at least 4 members (excludes halogenated alkanes) is 3. The van der Waals surface area contributed by atoms with E-state index in [1.165, 1.54) is 0 Å². The summed E-state index contributed by atoms with van der Waals surface area (Å²) >= 11 is 0. The molecule has 10 heteroatoms. The van der Waals surface area contributed by atoms with E-state index in [2.05, 4.69) is 117 Å². The average Bonchev–Trinajstić information content (AvgIpc) is 3.21. The van der Waals surface area contributed by atoms with E-state index in [0.717, 1.165) is 70.6 Å². The number of hydrogen-bond acceptors (Lipinski definition) is 10. The van der Waals surface area contributed by atoms with E-state index >= 15 is 0 Å². The summed E-state index contributed by atoms with van der Waals surface area (Å²) in [7, 11) is 0. The van der Waals surface area contributed by atoms with Crippen LogP contribution in [0.1, 0.15) is 117 Å². The number of ether oxygens (including phenoxy) is 4. The number of aliphatic hydroxyl groups excluding tert-OH is 4. The normalized spacial score (nSPS) is 21.4. The molecule has 0 aromatic carbocycles. The van der Waals surface area contributed by atoms with Crippen molar-refractivity contribution in [1.82, 2.24) is 0 Å². The third-order valence-corrected chi connectivity index (χ3v) is 8.65. The first kappa shape index (κ1) is 51.4. The summed E-state index contributed by atoms with van der Waals surface area (Å²) in [6, 6.07) is 0. The van der Waals surface area contributed by atoms with Crippen molar-refractivity contribution < 1.29 is 49.0 Å². The molecule has 1 heterocycles. The van der Waals surface area contributed by atoms with Crippen LogP contribution >= 0.6 is 0 Å². The molecule has 0 saturated carbocycles. The van der Waals surface area contributed by atoms with Crippen molar-refractivity contribution >= 4 is 11.9 Å². The van der Waals surface area contributed by atoms with Gasteiger partial charge in [-0.15, -0.1) is 0 Å². The Morgan fingerprint density at radius 1 is 0.544 bits per heavy atom. The predicted molar refractivity (Wildman–Crippen MR) is 228 cm³/mol. The topological polar surface area (TPSA) is 152 Å². The van der Waals surface area contributed by atoms with Gasteiger partial charge in [-0.25, -0.2) is 0 Å². The van der Waals surface area contributed by atoms with Crippen LogP contribution < -0.4 is 0 Å². The molecule has 0 aromatic rings. The smallest absolute Gasteiger partial charge is 0.306 e. The van der Waals surface area contributed by atoms with Crippen LogP contribution in [0.4, 0.5) is 0 Å². The molecule has 57 heavy (non-hydrogen) atoms. The molecule has 1 fully saturated rings. The fraction of sp³-hybridized carbons (Fsp3) is 0.574. The highest BCUT2D eigenvalue weighted by Crippen LogP contribution is 2.22. The minimum atomic E-state index is -1.62. The molecule has 320 valence electrons. The number of allylic oxidation sites excluding steroid dienone is 18. The van der Waals surface area contributed by atoms with Gasteiger partial charge < -0.3 is 39.4 Å². The van der Waals surface area contributed by atoms with Gasteiger partial charge in [0.1, 0.15) is 31.0 Å². The molecule has 10 nitrogen and oxygen atoms in total. The van der Waals surface area contributed by atoms with Crippen molar-refractivity contribution in [2.45, 2.75) is 153 Å². The molecule has 0 aliphatic carbocycles. The van der Waals surface area contributed by atoms with Gasteiger partial charge in [-0.05, 0) is 89.9 Å². The van der Waals surface area contributed by atoms with Crippen LogP contribution in [-0.2, 0) is 28.5 Å². The Hall–Kier alpha value is -3.64. The summed E-state index contributed by atoms with van der Waals surface area (Å²) in [6.45, 7) is 3.06. The maximum atomic E-state index is 12.7. The van der Waals surface area contributed by atoms with Gasteiger partial charge in [0.2, 0.25) is 0 Å². The number of rotatable bonds is 32. The molecule has 6 atom stereocenters. The van der Waals surface area contributed by atoms with Crippen LogP contribution in [-0.4, -0.2) is 89.0 Å². The quantitative estimate of drug-likeness (QED) is 0.0296. The second-order valence-electron chi connectivity index (χ2n) is 13.7. The first-order valence-corrected chi connectivity index (χ1v) is 21.0. The zero-order valence-electron chi connectivity index (χ0n) is 34.5. The lowest BCUT2D eigenvalue weighted by Crippen LogP contribution is -2.59. The SMILES string of the molecule is CC/C=C/C/C=C/C/C=C/C/C=C/C/C=C/CCCC(=O)OC[C@@H](CO[C@H]1O[C@@H](CO)[C@@H](O)C(O)C1O)OC(=O)CCCC/C=C/C/C=C/C/C=C/C/C=C/CC. The molecule has 0 bridgehead atoms. The Kier molecular flexibility index (Phi) is 33.1. The lowest BCUT2D eigenvalue weighted by atomic mass is 9.99. The van der Waals surface area contributed by atoms with Crippen molar-refractivity contribution in [2.75, 3.05) is 19.8 Å². The summed E-state index contributed by atoms with van der Waals surface area (Å²) in [6.07, 6.45) is 42.5. The fourth-order valence-electron chi connectivity index (χ4n) is 5.39. The standard InChI is InChI=1S/C47H72O10/c1-3-5-7-9-11-13-15-17-19-20-22-23-25-27-29-31-33-35-42(49)54-38-40(39-55-47-46(53)45(52)44(51)41(37-48)57-47)56-43(50)36-34-32-30-28-26-24-21-18-16-14-12-10-8-6-4-2/h5-8,11-14,17-19,21-23,26-29,40-41,44-48,51-53H,3-4,9-10,15-16,20,24-25,30-39H2,1-2H3/b7-5+,8-6+,13-11+,14-12+,19-17+,21-18+,23-22+,28-26+,29-27+/t40-,41-,44+,45?,46?,47-/m0/s1. The van der Waals surface area contributed by atoms with Crippen LogP contribution in [0.2, 0.25) is 0 Å². The highest BCUT2D eigenvalue weighted by molar-refractivity contribution is 5.70. The van der Waals surface area contributed by atoms with Crippen molar-refractivity contribution in [3.8, 4) is 0 Å². The molecule has 0 amide bonds. The average molecular weight is 797 g/mol. The first-order chi connectivity index (χ1) is 27.8. The van der Waals surface area contributed by atoms with Crippen molar-refractivity contribution in [3.05, 3.63) is 109 Å². The lowest BCUT2D eigenvalue weighted by molar-refractivity contribution is -0.305. The largest absolute Gasteiger partial charge is 0.462 e. The predicted octanol–water partition coefficient (Wildman–Crippen LogP) is 8.55. The van der Waals surface area contributed by atoms with Gasteiger partial charge in [0, 0.05) is 12.8 Å². The monoisotopic (exact) mass is 797 g/mol. The number of aliphatic hydroxyl groups is 4. The molecule has 1 rings (SSSR count). The highest BCUT2D eigenvalue weighted by atomic mass is 16.7. The fourth-order valence-corrected chi connectivity index (χ4v) is 5.39. The molecule has 0 spiro atoms. The van der Waals surface area contributed by atoms with Gasteiger partial charge >= 0.3 is 11.9 Å². The highest BCUT2D eigenvalue weighted by Gasteiger charge is 2.44. The summed E-state index contributed by atoms with van der Waals surface area (Å²) in [5, 5.41) is 40.0. The van der Waals surface area contributed by atoms with Crippen molar-refractivity contribution in [3.63, 3.8) is 0 Å². The molecule has 1 aliphatic rings. The Morgan fingerprint density at radius 2 is 0.982 bits per heavy atom. The van der Waals surface area contributed by atoms with E-state index in [1.54, 1.807) is 0 Å². The van der Waals surface area contributed by atoms with E-state index in [9.17, 15) is 30.0 Å². The van der Waals surface area contributed by atoms with Gasteiger partial charge in [0.05, 0.1) is 13.2 Å². The zero-order valence-corrected chi connectivity index (χ0v) is 34.5. The number of carbonyl (C=O) groups excluding carboxylic acids is 2. The minimum absolute atomic E-state index is 0.158. The zero-order chi connectivity index (χ0) is 41.6. The molecular weight excluding hydrogens is 725 g/mol. The van der Waals surface area contributed by atoms with Crippen molar-refractivity contribution in [1.29, 1.82) is 0 Å². The van der Waals surface area contributed by atoms with Crippen LogP contribution in [0.3, 0.4) is 0 Å². The van der Waals surface area contributed by atoms with E-state index in [-0.39, 0.29) is 26.1 Å². The Morgan fingerprint density at radius 3 is 1.46 bits per heavy atom. The van der Waals surface area contributed by atoms with E-state index < -0.39 is 55.4 Å². The minimum Gasteiger partial charge on any atom is -0.462 e. The Bertz CT molecular complexity index is 1290. The molecule has 0 aromatic heterocycles. The van der Waals surface area contributed by atoms with Crippen LogP contribution in [0.5, 0.6) is 0 Å². The first-order valence-electron chi connectivity index (χ1n) is 21.0. The molecule has 0 radical (unpaired) electrons. The van der Waals surface area contributed by atoms with Gasteiger partial charge in [-0.1, -0.05) is 123 Å². The summed E-state index contributed by atoms with van der Waals surface area (Å²) in [5.74, 6) is -0.939. The second kappa shape index (κ2) is 36.7. The third kappa shape index (κ3) is 28.4. The Labute approximate surface area is 342 Å². The van der Waals surface area contributed by atoms with Gasteiger partial charge in [0.25, 0.3) is 0 Å². The van der Waals surface area contributed by atoms with Crippen LogP contribution in [0.15, 0.2) is 109 Å².